The minimum absolute atomic E-state index is 0. The van der Waals surface area contributed by atoms with Crippen molar-refractivity contribution in [1.29, 1.82) is 0 Å². The molecule has 4 heteroatoms. The van der Waals surface area contributed by atoms with Gasteiger partial charge in [0.1, 0.15) is 0 Å². The second kappa shape index (κ2) is 13.2. The standard InChI is InChI=1S/C36H26N.C5H8O2.Ir/c1-36(2)32-16-10-9-15-28(32)29-19-17-27(22-33(29)36)35-23-30(25-13-7-4-8-14-25)31-21-26(18-20-34(31)37-35)24-11-5-3-6-12-24;1-4(6)3-5(2)7;/h3-16,18-23H,1-2H3;3,6H,1-2H3;/q-1;;/b;4-3-;. The molecule has 225 valence electrons. The molecule has 0 unspecified atom stereocenters. The van der Waals surface area contributed by atoms with E-state index in [1.54, 1.807) is 0 Å². The van der Waals surface area contributed by atoms with Crippen molar-refractivity contribution in [3.05, 3.63) is 150 Å². The first-order valence-electron chi connectivity index (χ1n) is 14.8. The van der Waals surface area contributed by atoms with Crippen molar-refractivity contribution >= 4 is 16.7 Å². The number of hydrogen-bond acceptors (Lipinski definition) is 3. The smallest absolute Gasteiger partial charge is 0.155 e. The van der Waals surface area contributed by atoms with Crippen molar-refractivity contribution in [3.63, 3.8) is 0 Å². The van der Waals surface area contributed by atoms with Gasteiger partial charge in [0, 0.05) is 31.6 Å². The van der Waals surface area contributed by atoms with E-state index in [9.17, 15) is 4.79 Å². The van der Waals surface area contributed by atoms with Gasteiger partial charge in [0.25, 0.3) is 0 Å². The summed E-state index contributed by atoms with van der Waals surface area (Å²) in [5.74, 6) is -0.0625. The number of fused-ring (bicyclic) bond motifs is 4. The van der Waals surface area contributed by atoms with Crippen LogP contribution in [0.25, 0.3) is 55.5 Å². The van der Waals surface area contributed by atoms with Gasteiger partial charge in [-0.3, -0.25) is 9.78 Å². The van der Waals surface area contributed by atoms with Crippen LogP contribution in [0.2, 0.25) is 0 Å². The van der Waals surface area contributed by atoms with Crippen LogP contribution in [0.4, 0.5) is 0 Å². The number of carbonyl (C=O) groups is 1. The Labute approximate surface area is 278 Å². The number of hydrogen-bond donors (Lipinski definition) is 1. The summed E-state index contributed by atoms with van der Waals surface area (Å²) in [7, 11) is 0. The van der Waals surface area contributed by atoms with Crippen molar-refractivity contribution in [2.75, 3.05) is 0 Å². The van der Waals surface area contributed by atoms with Gasteiger partial charge in [0.05, 0.1) is 11.3 Å². The van der Waals surface area contributed by atoms with E-state index in [4.69, 9.17) is 10.1 Å². The molecule has 0 saturated carbocycles. The fourth-order valence-corrected chi connectivity index (χ4v) is 6.11. The zero-order valence-corrected chi connectivity index (χ0v) is 28.2. The molecule has 0 aliphatic heterocycles. The molecule has 1 aliphatic carbocycles. The number of aliphatic hydroxyl groups is 1. The molecule has 1 N–H and O–H groups in total. The number of aromatic nitrogens is 1. The molecule has 0 bridgehead atoms. The van der Waals surface area contributed by atoms with Gasteiger partial charge < -0.3 is 5.11 Å². The summed E-state index contributed by atoms with van der Waals surface area (Å²) in [5, 5.41) is 9.52. The Bertz CT molecular complexity index is 2020. The Morgan fingerprint density at radius 3 is 2.00 bits per heavy atom. The Kier molecular flexibility index (Phi) is 9.29. The van der Waals surface area contributed by atoms with Crippen LogP contribution < -0.4 is 0 Å². The first-order chi connectivity index (χ1) is 21.2. The number of allylic oxidation sites excluding steroid dienone is 2. The Morgan fingerprint density at radius 1 is 0.711 bits per heavy atom. The predicted molar refractivity (Wildman–Crippen MR) is 182 cm³/mol. The number of nitrogens with zero attached hydrogens (tertiary/aromatic N) is 1. The van der Waals surface area contributed by atoms with Crippen LogP contribution in [0, 0.1) is 6.07 Å². The molecule has 0 atom stereocenters. The summed E-state index contributed by atoms with van der Waals surface area (Å²) < 4.78 is 0. The van der Waals surface area contributed by atoms with Gasteiger partial charge in [-0.15, -0.1) is 29.3 Å². The molecule has 1 heterocycles. The molecule has 0 amide bonds. The maximum atomic E-state index is 10.0. The van der Waals surface area contributed by atoms with Crippen molar-refractivity contribution in [2.45, 2.75) is 33.1 Å². The molecule has 45 heavy (non-hydrogen) atoms. The summed E-state index contributed by atoms with van der Waals surface area (Å²) in [6.07, 6.45) is 1.17. The van der Waals surface area contributed by atoms with Crippen LogP contribution >= 0.6 is 0 Å². The molecular weight excluding hydrogens is 731 g/mol. The Hall–Kier alpha value is -4.63. The fourth-order valence-electron chi connectivity index (χ4n) is 6.11. The van der Waals surface area contributed by atoms with E-state index in [0.29, 0.717) is 0 Å². The molecule has 1 radical (unpaired) electrons. The number of carbonyl (C=O) groups excluding carboxylic acids is 1. The molecule has 1 aliphatic rings. The van der Waals surface area contributed by atoms with E-state index < -0.39 is 0 Å². The average Bonchev–Trinajstić information content (AvgIpc) is 3.26. The Balaban J connectivity index is 0.000000452. The van der Waals surface area contributed by atoms with E-state index in [1.165, 1.54) is 64.4 Å². The third kappa shape index (κ3) is 6.44. The molecule has 1 aromatic heterocycles. The van der Waals surface area contributed by atoms with E-state index in [0.717, 1.165) is 22.2 Å². The van der Waals surface area contributed by atoms with Crippen LogP contribution in [0.15, 0.2) is 133 Å². The Morgan fingerprint density at radius 2 is 1.36 bits per heavy atom. The fraction of sp³-hybridized carbons (Fsp3) is 0.122. The number of benzene rings is 5. The number of rotatable bonds is 4. The third-order valence-corrected chi connectivity index (χ3v) is 8.20. The summed E-state index contributed by atoms with van der Waals surface area (Å²) in [5.41, 5.74) is 13.0. The molecule has 0 fully saturated rings. The van der Waals surface area contributed by atoms with Crippen LogP contribution in [0.1, 0.15) is 38.8 Å². The van der Waals surface area contributed by atoms with Crippen molar-refractivity contribution in [3.8, 4) is 44.6 Å². The minimum atomic E-state index is -0.125. The van der Waals surface area contributed by atoms with Gasteiger partial charge >= 0.3 is 0 Å². The maximum absolute atomic E-state index is 10.0. The molecule has 7 rings (SSSR count). The van der Waals surface area contributed by atoms with Crippen LogP contribution in [0.3, 0.4) is 0 Å². The van der Waals surface area contributed by atoms with Gasteiger partial charge in [-0.25, -0.2) is 0 Å². The first-order valence-corrected chi connectivity index (χ1v) is 14.8. The van der Waals surface area contributed by atoms with E-state index in [2.05, 4.69) is 141 Å². The van der Waals surface area contributed by atoms with Crippen LogP contribution in [0.5, 0.6) is 0 Å². The summed E-state index contributed by atoms with van der Waals surface area (Å²) in [4.78, 5) is 15.2. The summed E-state index contributed by atoms with van der Waals surface area (Å²) >= 11 is 0. The number of ketones is 1. The number of aliphatic hydroxyl groups excluding tert-OH is 1. The summed E-state index contributed by atoms with van der Waals surface area (Å²) in [6.45, 7) is 7.48. The van der Waals surface area contributed by atoms with Crippen molar-refractivity contribution < 1.29 is 30.0 Å². The number of pyridine rings is 1. The molecule has 6 aromatic rings. The SMILES string of the molecule is CC(=O)/C=C(/C)O.CC1(C)c2ccccc2-c2c[c-]c(-c3cc(-c4ccccc4)c4cc(-c5ccccc5)ccc4n3)cc21.[Ir]. The first kappa shape index (κ1) is 31.8. The quantitative estimate of drug-likeness (QED) is 0.111. The zero-order chi connectivity index (χ0) is 30.8. The van der Waals surface area contributed by atoms with Crippen molar-refractivity contribution in [1.82, 2.24) is 4.98 Å². The second-order valence-corrected chi connectivity index (χ2v) is 11.8. The van der Waals surface area contributed by atoms with Crippen LogP contribution in [-0.2, 0) is 30.3 Å². The van der Waals surface area contributed by atoms with Crippen molar-refractivity contribution in [2.24, 2.45) is 0 Å². The van der Waals surface area contributed by atoms with Gasteiger partial charge in [-0.2, -0.15) is 0 Å². The minimum Gasteiger partial charge on any atom is -0.512 e. The zero-order valence-electron chi connectivity index (χ0n) is 25.8. The molecule has 0 spiro atoms. The van der Waals surface area contributed by atoms with Crippen LogP contribution in [-0.4, -0.2) is 15.9 Å². The van der Waals surface area contributed by atoms with E-state index >= 15 is 0 Å². The molecule has 5 aromatic carbocycles. The predicted octanol–water partition coefficient (Wildman–Crippen LogP) is 10.4. The summed E-state index contributed by atoms with van der Waals surface area (Å²) in [6, 6.07) is 46.8. The largest absolute Gasteiger partial charge is 0.512 e. The maximum Gasteiger partial charge on any atom is 0.155 e. The topological polar surface area (TPSA) is 50.2 Å². The van der Waals surface area contributed by atoms with Gasteiger partial charge in [-0.05, 0) is 64.9 Å². The monoisotopic (exact) mass is 765 g/mol. The second-order valence-electron chi connectivity index (χ2n) is 11.8. The van der Waals surface area contributed by atoms with Gasteiger partial charge in [-0.1, -0.05) is 122 Å². The van der Waals surface area contributed by atoms with E-state index in [-0.39, 0.29) is 37.1 Å². The molecular formula is C41H34IrNO2-. The molecule has 3 nitrogen and oxygen atoms in total. The molecule has 0 saturated heterocycles. The third-order valence-electron chi connectivity index (χ3n) is 8.20. The normalized spacial score (nSPS) is 12.8. The average molecular weight is 765 g/mol. The van der Waals surface area contributed by atoms with Gasteiger partial charge in [0.15, 0.2) is 5.78 Å². The van der Waals surface area contributed by atoms with Gasteiger partial charge in [0.2, 0.25) is 0 Å². The van der Waals surface area contributed by atoms with E-state index in [1.807, 2.05) is 0 Å².